The Labute approximate surface area is 167 Å². The van der Waals surface area contributed by atoms with Gasteiger partial charge in [-0.15, -0.1) is 11.3 Å². The molecule has 0 aliphatic rings. The van der Waals surface area contributed by atoms with Crippen molar-refractivity contribution in [2.45, 2.75) is 12.6 Å². The lowest BCUT2D eigenvalue weighted by molar-refractivity contribution is -0.885. The Morgan fingerprint density at radius 2 is 1.89 bits per heavy atom. The highest BCUT2D eigenvalue weighted by atomic mass is 35.5. The zero-order chi connectivity index (χ0) is 19.2. The molecule has 1 aromatic heterocycles. The maximum atomic E-state index is 13.3. The van der Waals surface area contributed by atoms with Crippen molar-refractivity contribution in [2.24, 2.45) is 0 Å². The van der Waals surface area contributed by atoms with Gasteiger partial charge in [0.25, 0.3) is 5.91 Å². The summed E-state index contributed by atoms with van der Waals surface area (Å²) >= 11 is 7.77. The Hall–Kier alpha value is -2.21. The predicted octanol–water partition coefficient (Wildman–Crippen LogP) is 3.46. The molecule has 3 nitrogen and oxygen atoms in total. The molecule has 2 atom stereocenters. The van der Waals surface area contributed by atoms with Crippen LogP contribution in [0.1, 0.15) is 22.0 Å². The summed E-state index contributed by atoms with van der Waals surface area (Å²) in [4.78, 5) is 14.7. The molecule has 1 amide bonds. The Bertz CT molecular complexity index is 883. The molecule has 27 heavy (non-hydrogen) atoms. The van der Waals surface area contributed by atoms with Gasteiger partial charge in [0.1, 0.15) is 12.4 Å². The highest BCUT2D eigenvalue weighted by Gasteiger charge is 2.20. The average Bonchev–Trinajstić information content (AvgIpc) is 3.17. The van der Waals surface area contributed by atoms with Gasteiger partial charge >= 0.3 is 0 Å². The number of likely N-dealkylation sites (N-methyl/N-ethyl adjacent to an activating group) is 1. The topological polar surface area (TPSA) is 33.5 Å². The van der Waals surface area contributed by atoms with Gasteiger partial charge < -0.3 is 10.2 Å². The van der Waals surface area contributed by atoms with E-state index in [0.29, 0.717) is 18.1 Å². The maximum Gasteiger partial charge on any atom is 0.275 e. The van der Waals surface area contributed by atoms with E-state index in [1.165, 1.54) is 12.1 Å². The lowest BCUT2D eigenvalue weighted by Gasteiger charge is -2.20. The molecule has 3 aromatic rings. The first-order valence-corrected chi connectivity index (χ1v) is 9.91. The Balaban J connectivity index is 1.67. The van der Waals surface area contributed by atoms with Gasteiger partial charge in [0.15, 0.2) is 6.54 Å². The molecule has 0 aliphatic carbocycles. The van der Waals surface area contributed by atoms with Crippen molar-refractivity contribution in [1.82, 2.24) is 5.32 Å². The van der Waals surface area contributed by atoms with Gasteiger partial charge in [-0.1, -0.05) is 48.0 Å². The minimum Gasteiger partial charge on any atom is -0.339 e. The second kappa shape index (κ2) is 9.13. The highest BCUT2D eigenvalue weighted by Crippen LogP contribution is 2.26. The van der Waals surface area contributed by atoms with Crippen molar-refractivity contribution in [3.8, 4) is 0 Å². The van der Waals surface area contributed by atoms with Crippen LogP contribution in [0.4, 0.5) is 4.39 Å². The zero-order valence-electron chi connectivity index (χ0n) is 14.9. The number of amides is 1. The van der Waals surface area contributed by atoms with Gasteiger partial charge in [0.05, 0.1) is 13.1 Å². The molecule has 0 saturated carbocycles. The van der Waals surface area contributed by atoms with Crippen LogP contribution in [-0.2, 0) is 11.3 Å². The van der Waals surface area contributed by atoms with Crippen molar-refractivity contribution in [3.63, 3.8) is 0 Å². The van der Waals surface area contributed by atoms with E-state index in [2.05, 4.69) is 5.32 Å². The van der Waals surface area contributed by atoms with E-state index < -0.39 is 0 Å². The number of quaternary nitrogens is 1. The molecular weight excluding hydrogens is 383 g/mol. The first-order chi connectivity index (χ1) is 13.0. The van der Waals surface area contributed by atoms with E-state index in [1.807, 2.05) is 48.8 Å². The molecule has 0 fully saturated rings. The van der Waals surface area contributed by atoms with Crippen LogP contribution in [0.3, 0.4) is 0 Å². The standard InChI is InChI=1S/C21H20ClFN2OS/c1-25(13-16-5-2-3-6-18(16)22)14-20(26)24-21(19-7-4-12-27-19)15-8-10-17(23)11-9-15/h2-12,21H,13-14H2,1H3,(H,24,26)/p+1/t21-/m0/s1. The lowest BCUT2D eigenvalue weighted by Crippen LogP contribution is -3.08. The van der Waals surface area contributed by atoms with E-state index in [0.717, 1.165) is 20.9 Å². The lowest BCUT2D eigenvalue weighted by atomic mass is 10.1. The molecule has 1 unspecified atom stereocenters. The molecule has 2 N–H and O–H groups in total. The van der Waals surface area contributed by atoms with Crippen molar-refractivity contribution in [1.29, 1.82) is 0 Å². The van der Waals surface area contributed by atoms with Crippen LogP contribution in [-0.4, -0.2) is 19.5 Å². The number of thiophene rings is 1. The summed E-state index contributed by atoms with van der Waals surface area (Å²) in [6.07, 6.45) is 0. The molecule has 2 aromatic carbocycles. The fourth-order valence-corrected chi connectivity index (χ4v) is 3.95. The van der Waals surface area contributed by atoms with E-state index in [9.17, 15) is 9.18 Å². The molecular formula is C21H21ClFN2OS+. The third-order valence-corrected chi connectivity index (χ3v) is 5.55. The number of nitrogens with one attached hydrogen (secondary N) is 2. The third kappa shape index (κ3) is 5.39. The number of rotatable bonds is 7. The Kier molecular flexibility index (Phi) is 6.61. The molecule has 0 spiro atoms. The van der Waals surface area contributed by atoms with Gasteiger partial charge in [-0.2, -0.15) is 0 Å². The Morgan fingerprint density at radius 3 is 2.56 bits per heavy atom. The van der Waals surface area contributed by atoms with Gasteiger partial charge in [0, 0.05) is 15.5 Å². The van der Waals surface area contributed by atoms with E-state index in [-0.39, 0.29) is 17.8 Å². The van der Waals surface area contributed by atoms with Crippen LogP contribution in [0.25, 0.3) is 0 Å². The molecule has 6 heteroatoms. The highest BCUT2D eigenvalue weighted by molar-refractivity contribution is 7.10. The second-order valence-electron chi connectivity index (χ2n) is 6.47. The first-order valence-electron chi connectivity index (χ1n) is 8.66. The smallest absolute Gasteiger partial charge is 0.275 e. The summed E-state index contributed by atoms with van der Waals surface area (Å²) in [5.41, 5.74) is 1.87. The van der Waals surface area contributed by atoms with Gasteiger partial charge in [-0.25, -0.2) is 4.39 Å². The van der Waals surface area contributed by atoms with Crippen LogP contribution >= 0.6 is 22.9 Å². The summed E-state index contributed by atoms with van der Waals surface area (Å²) in [7, 11) is 1.96. The van der Waals surface area contributed by atoms with Gasteiger partial charge in [-0.3, -0.25) is 4.79 Å². The van der Waals surface area contributed by atoms with Crippen LogP contribution in [0, 0.1) is 5.82 Å². The fourth-order valence-electron chi connectivity index (χ4n) is 2.94. The van der Waals surface area contributed by atoms with Crippen molar-refractivity contribution in [2.75, 3.05) is 13.6 Å². The number of carbonyl (C=O) groups excluding carboxylic acids is 1. The third-order valence-electron chi connectivity index (χ3n) is 4.25. The van der Waals surface area contributed by atoms with Crippen LogP contribution in [0.5, 0.6) is 0 Å². The number of hydrogen-bond acceptors (Lipinski definition) is 2. The van der Waals surface area contributed by atoms with E-state index in [4.69, 9.17) is 11.6 Å². The number of halogens is 2. The number of hydrogen-bond donors (Lipinski definition) is 2. The summed E-state index contributed by atoms with van der Waals surface area (Å²) < 4.78 is 13.3. The van der Waals surface area contributed by atoms with Crippen LogP contribution in [0.15, 0.2) is 66.0 Å². The molecule has 1 heterocycles. The van der Waals surface area contributed by atoms with Gasteiger partial charge in [0.2, 0.25) is 0 Å². The summed E-state index contributed by atoms with van der Waals surface area (Å²) in [6, 6.07) is 17.5. The second-order valence-corrected chi connectivity index (χ2v) is 7.86. The molecule has 140 valence electrons. The minimum absolute atomic E-state index is 0.0673. The number of carbonyl (C=O) groups is 1. The van der Waals surface area contributed by atoms with Crippen LogP contribution < -0.4 is 10.2 Å². The quantitative estimate of drug-likeness (QED) is 0.622. The summed E-state index contributed by atoms with van der Waals surface area (Å²) in [5, 5.41) is 5.76. The van der Waals surface area contributed by atoms with E-state index >= 15 is 0 Å². The molecule has 3 rings (SSSR count). The Morgan fingerprint density at radius 1 is 1.15 bits per heavy atom. The van der Waals surface area contributed by atoms with Gasteiger partial charge in [-0.05, 0) is 35.2 Å². The summed E-state index contributed by atoms with van der Waals surface area (Å²) in [6.45, 7) is 0.974. The normalized spacial score (nSPS) is 13.1. The van der Waals surface area contributed by atoms with E-state index in [1.54, 1.807) is 23.5 Å². The first kappa shape index (κ1) is 19.5. The van der Waals surface area contributed by atoms with Crippen molar-refractivity contribution in [3.05, 3.63) is 92.9 Å². The molecule has 0 aliphatic heterocycles. The molecule has 0 saturated heterocycles. The SMILES string of the molecule is C[NH+](CC(=O)N[C@@H](c1ccc(F)cc1)c1cccs1)Cc1ccccc1Cl. The average molecular weight is 404 g/mol. The zero-order valence-corrected chi connectivity index (χ0v) is 16.5. The van der Waals surface area contributed by atoms with Crippen molar-refractivity contribution < 1.29 is 14.1 Å². The van der Waals surface area contributed by atoms with Crippen LogP contribution in [0.2, 0.25) is 5.02 Å². The monoisotopic (exact) mass is 403 g/mol. The largest absolute Gasteiger partial charge is 0.339 e. The molecule has 0 bridgehead atoms. The van der Waals surface area contributed by atoms with Crippen molar-refractivity contribution >= 4 is 28.8 Å². The molecule has 0 radical (unpaired) electrons. The maximum absolute atomic E-state index is 13.3. The number of benzene rings is 2. The fraction of sp³-hybridized carbons (Fsp3) is 0.190. The predicted molar refractivity (Wildman–Crippen MR) is 108 cm³/mol. The minimum atomic E-state index is -0.293. The summed E-state index contributed by atoms with van der Waals surface area (Å²) in [5.74, 6) is -0.360.